The van der Waals surface area contributed by atoms with Gasteiger partial charge in [0.05, 0.1) is 28.8 Å². The number of aromatic nitrogens is 2. The van der Waals surface area contributed by atoms with E-state index < -0.39 is 39.4 Å². The van der Waals surface area contributed by atoms with Crippen LogP contribution in [0.3, 0.4) is 0 Å². The van der Waals surface area contributed by atoms with Crippen LogP contribution in [0.2, 0.25) is 5.02 Å². The van der Waals surface area contributed by atoms with Crippen molar-refractivity contribution in [3.63, 3.8) is 0 Å². The second kappa shape index (κ2) is 10.5. The van der Waals surface area contributed by atoms with Gasteiger partial charge in [0, 0.05) is 18.3 Å². The number of carbonyl (C=O) groups is 1. The molecule has 0 spiro atoms. The number of esters is 1. The van der Waals surface area contributed by atoms with Crippen LogP contribution < -0.4 is 4.74 Å². The lowest BCUT2D eigenvalue weighted by molar-refractivity contribution is -0.144. The van der Waals surface area contributed by atoms with E-state index >= 15 is 0 Å². The summed E-state index contributed by atoms with van der Waals surface area (Å²) < 4.78 is 67.8. The van der Waals surface area contributed by atoms with Gasteiger partial charge in [0.25, 0.3) is 0 Å². The highest BCUT2D eigenvalue weighted by Crippen LogP contribution is 2.38. The first-order chi connectivity index (χ1) is 17.1. The lowest BCUT2D eigenvalue weighted by Gasteiger charge is -2.31. The Labute approximate surface area is 212 Å². The van der Waals surface area contributed by atoms with Gasteiger partial charge < -0.3 is 9.47 Å². The Hall–Kier alpha value is -3.02. The third-order valence-corrected chi connectivity index (χ3v) is 8.12. The molecule has 4 rings (SSSR count). The number of hydrogen-bond donors (Lipinski definition) is 0. The fraction of sp³-hybridized carbons (Fsp3) is 0.333. The van der Waals surface area contributed by atoms with Crippen LogP contribution in [0, 0.1) is 11.6 Å². The van der Waals surface area contributed by atoms with E-state index in [2.05, 4.69) is 5.10 Å². The third-order valence-electron chi connectivity index (χ3n) is 5.97. The Morgan fingerprint density at radius 1 is 1.25 bits per heavy atom. The maximum atomic E-state index is 13.9. The van der Waals surface area contributed by atoms with E-state index in [9.17, 15) is 22.0 Å². The number of nitrogens with zero attached hydrogens (tertiary/aromatic N) is 3. The van der Waals surface area contributed by atoms with Crippen LogP contribution in [0.4, 0.5) is 8.78 Å². The molecule has 0 amide bonds. The standard InChI is InChI=1S/C24H24ClF2N3O5S/c1-3-34-23(31)14-30-21-9-5-8-20(16(21)13-28-30)29(2)36(32,33)15-10-11-22(17(25)12-15)35-24-18(26)6-4-7-19(24)27/h4,6-7,10-13,20H,3,5,8-9,14H2,1-2H3. The molecule has 192 valence electrons. The topological polar surface area (TPSA) is 90.7 Å². The van der Waals surface area contributed by atoms with E-state index in [1.54, 1.807) is 17.8 Å². The van der Waals surface area contributed by atoms with E-state index in [1.165, 1.54) is 35.6 Å². The number of carbonyl (C=O) groups excluding carboxylic acids is 1. The monoisotopic (exact) mass is 539 g/mol. The SMILES string of the molecule is CCOC(=O)Cn1ncc2c1CCCC2N(C)S(=O)(=O)c1ccc(Oc2c(F)cccc2F)c(Cl)c1. The highest BCUT2D eigenvalue weighted by atomic mass is 35.5. The van der Waals surface area contributed by atoms with Gasteiger partial charge in [0.1, 0.15) is 12.3 Å². The number of ether oxygens (including phenoxy) is 2. The van der Waals surface area contributed by atoms with Crippen LogP contribution in [0.25, 0.3) is 0 Å². The summed E-state index contributed by atoms with van der Waals surface area (Å²) in [5.41, 5.74) is 1.51. The predicted molar refractivity (Wildman–Crippen MR) is 127 cm³/mol. The van der Waals surface area contributed by atoms with Crippen molar-refractivity contribution in [1.82, 2.24) is 14.1 Å². The minimum absolute atomic E-state index is 0.0496. The average molecular weight is 540 g/mol. The fourth-order valence-electron chi connectivity index (χ4n) is 4.19. The van der Waals surface area contributed by atoms with Crippen LogP contribution in [-0.2, 0) is 32.5 Å². The van der Waals surface area contributed by atoms with Crippen LogP contribution >= 0.6 is 11.6 Å². The molecule has 1 heterocycles. The Kier molecular flexibility index (Phi) is 7.62. The number of hydrogen-bond acceptors (Lipinski definition) is 6. The maximum Gasteiger partial charge on any atom is 0.327 e. The van der Waals surface area contributed by atoms with Crippen molar-refractivity contribution in [2.45, 2.75) is 43.7 Å². The summed E-state index contributed by atoms with van der Waals surface area (Å²) in [6.07, 6.45) is 3.50. The average Bonchev–Trinajstić information content (AvgIpc) is 3.24. The Morgan fingerprint density at radius 2 is 1.97 bits per heavy atom. The number of halogens is 3. The molecular formula is C24H24ClF2N3O5S. The van der Waals surface area contributed by atoms with Crippen molar-refractivity contribution in [3.8, 4) is 11.5 Å². The van der Waals surface area contributed by atoms with Gasteiger partial charge in [0.2, 0.25) is 10.0 Å². The van der Waals surface area contributed by atoms with Crippen molar-refractivity contribution >= 4 is 27.6 Å². The van der Waals surface area contributed by atoms with Crippen LogP contribution in [0.5, 0.6) is 11.5 Å². The summed E-state index contributed by atoms with van der Waals surface area (Å²) in [6.45, 7) is 1.93. The molecule has 1 aliphatic rings. The van der Waals surface area contributed by atoms with E-state index in [-0.39, 0.29) is 28.8 Å². The molecule has 36 heavy (non-hydrogen) atoms. The number of fused-ring (bicyclic) bond motifs is 1. The molecule has 0 N–H and O–H groups in total. The first-order valence-electron chi connectivity index (χ1n) is 11.2. The van der Waals surface area contributed by atoms with Gasteiger partial charge in [0.15, 0.2) is 17.4 Å². The molecule has 8 nitrogen and oxygen atoms in total. The summed E-state index contributed by atoms with van der Waals surface area (Å²) in [5, 5.41) is 4.16. The summed E-state index contributed by atoms with van der Waals surface area (Å²) >= 11 is 6.23. The molecule has 1 aliphatic carbocycles. The van der Waals surface area contributed by atoms with Crippen LogP contribution in [-0.4, -0.2) is 42.1 Å². The minimum atomic E-state index is -4.02. The largest absolute Gasteiger partial charge is 0.465 e. The van der Waals surface area contributed by atoms with Crippen LogP contribution in [0.15, 0.2) is 47.5 Å². The summed E-state index contributed by atoms with van der Waals surface area (Å²) in [7, 11) is -2.55. The molecule has 0 aliphatic heterocycles. The quantitative estimate of drug-likeness (QED) is 0.379. The van der Waals surface area contributed by atoms with Gasteiger partial charge in [-0.3, -0.25) is 9.48 Å². The Balaban J connectivity index is 1.58. The maximum absolute atomic E-state index is 13.9. The second-order valence-corrected chi connectivity index (χ2v) is 10.6. The van der Waals surface area contributed by atoms with E-state index in [4.69, 9.17) is 21.1 Å². The third kappa shape index (κ3) is 5.09. The first kappa shape index (κ1) is 26.1. The molecule has 2 aromatic carbocycles. The second-order valence-electron chi connectivity index (χ2n) is 8.18. The van der Waals surface area contributed by atoms with Crippen molar-refractivity contribution in [2.24, 2.45) is 0 Å². The van der Waals surface area contributed by atoms with E-state index in [0.717, 1.165) is 23.4 Å². The molecule has 3 aromatic rings. The molecular weight excluding hydrogens is 516 g/mol. The normalized spacial score (nSPS) is 15.6. The predicted octanol–water partition coefficient (Wildman–Crippen LogP) is 4.87. The highest BCUT2D eigenvalue weighted by molar-refractivity contribution is 7.89. The van der Waals surface area contributed by atoms with Crippen molar-refractivity contribution < 1.29 is 31.5 Å². The Bertz CT molecular complexity index is 1380. The first-order valence-corrected chi connectivity index (χ1v) is 13.0. The van der Waals surface area contributed by atoms with Gasteiger partial charge in [-0.15, -0.1) is 0 Å². The molecule has 0 saturated heterocycles. The molecule has 1 atom stereocenters. The molecule has 0 radical (unpaired) electrons. The molecule has 0 bridgehead atoms. The molecule has 0 saturated carbocycles. The molecule has 0 fully saturated rings. The van der Waals surface area contributed by atoms with E-state index in [1.807, 2.05) is 0 Å². The van der Waals surface area contributed by atoms with Gasteiger partial charge in [-0.1, -0.05) is 17.7 Å². The Morgan fingerprint density at radius 3 is 2.64 bits per heavy atom. The van der Waals surface area contributed by atoms with Crippen molar-refractivity contribution in [2.75, 3.05) is 13.7 Å². The van der Waals surface area contributed by atoms with Crippen molar-refractivity contribution in [3.05, 3.63) is 70.5 Å². The summed E-state index contributed by atoms with van der Waals surface area (Å²) in [5.74, 6) is -2.99. The molecule has 1 unspecified atom stereocenters. The molecule has 1 aromatic heterocycles. The van der Waals surface area contributed by atoms with Gasteiger partial charge >= 0.3 is 5.97 Å². The van der Waals surface area contributed by atoms with Crippen molar-refractivity contribution in [1.29, 1.82) is 0 Å². The zero-order valence-corrected chi connectivity index (χ0v) is 21.2. The summed E-state index contributed by atoms with van der Waals surface area (Å²) in [4.78, 5) is 11.8. The summed E-state index contributed by atoms with van der Waals surface area (Å²) in [6, 6.07) is 6.45. The number of para-hydroxylation sites is 1. The van der Waals surface area contributed by atoms with Crippen LogP contribution in [0.1, 0.15) is 37.1 Å². The minimum Gasteiger partial charge on any atom is -0.465 e. The highest BCUT2D eigenvalue weighted by Gasteiger charge is 2.34. The number of rotatable bonds is 8. The lowest BCUT2D eigenvalue weighted by atomic mass is 9.93. The zero-order chi connectivity index (χ0) is 26.0. The number of benzene rings is 2. The van der Waals surface area contributed by atoms with Gasteiger partial charge in [-0.2, -0.15) is 9.40 Å². The smallest absolute Gasteiger partial charge is 0.327 e. The van der Waals surface area contributed by atoms with Gasteiger partial charge in [-0.05, 0) is 56.5 Å². The van der Waals surface area contributed by atoms with E-state index in [0.29, 0.717) is 19.3 Å². The van der Waals surface area contributed by atoms with Gasteiger partial charge in [-0.25, -0.2) is 17.2 Å². The lowest BCUT2D eigenvalue weighted by Crippen LogP contribution is -2.33. The molecule has 12 heteroatoms. The fourth-order valence-corrected chi connectivity index (χ4v) is 5.86. The zero-order valence-electron chi connectivity index (χ0n) is 19.6. The number of sulfonamides is 1.